The first-order valence-electron chi connectivity index (χ1n) is 11.2. The SMILES string of the molecule is COc1c(F)c(F)c(C(=O)Nc2ccc(N3CCN(C(=O)c4ccccc4C)CC3)c(Cl)c2)c(F)c1F. The zero-order chi connectivity index (χ0) is 26.9. The molecule has 1 heterocycles. The van der Waals surface area contributed by atoms with Crippen molar-refractivity contribution in [3.05, 3.63) is 87.4 Å². The van der Waals surface area contributed by atoms with Crippen LogP contribution in [0.25, 0.3) is 0 Å². The topological polar surface area (TPSA) is 61.9 Å². The molecular formula is C26H22ClF4N3O3. The zero-order valence-electron chi connectivity index (χ0n) is 19.9. The van der Waals surface area contributed by atoms with E-state index in [1.165, 1.54) is 12.1 Å². The number of halogens is 5. The minimum atomic E-state index is -1.88. The smallest absolute Gasteiger partial charge is 0.261 e. The highest BCUT2D eigenvalue weighted by molar-refractivity contribution is 6.33. The van der Waals surface area contributed by atoms with Crippen LogP contribution in [0.1, 0.15) is 26.3 Å². The molecule has 0 bridgehead atoms. The van der Waals surface area contributed by atoms with Crippen LogP contribution < -0.4 is 15.0 Å². The highest BCUT2D eigenvalue weighted by atomic mass is 35.5. The molecule has 1 aliphatic heterocycles. The zero-order valence-corrected chi connectivity index (χ0v) is 20.6. The van der Waals surface area contributed by atoms with E-state index in [0.29, 0.717) is 37.4 Å². The Bertz CT molecular complexity index is 1350. The molecule has 0 radical (unpaired) electrons. The van der Waals surface area contributed by atoms with Gasteiger partial charge < -0.3 is 19.9 Å². The molecule has 6 nitrogen and oxygen atoms in total. The van der Waals surface area contributed by atoms with Gasteiger partial charge in [-0.1, -0.05) is 29.8 Å². The van der Waals surface area contributed by atoms with E-state index >= 15 is 0 Å². The molecule has 11 heteroatoms. The van der Waals surface area contributed by atoms with E-state index in [2.05, 4.69) is 10.1 Å². The molecule has 0 aliphatic carbocycles. The van der Waals surface area contributed by atoms with Crippen molar-refractivity contribution in [1.29, 1.82) is 0 Å². The number of carbonyl (C=O) groups is 2. The number of carbonyl (C=O) groups excluding carboxylic acids is 2. The predicted molar refractivity (Wildman–Crippen MR) is 132 cm³/mol. The van der Waals surface area contributed by atoms with E-state index in [0.717, 1.165) is 12.7 Å². The Morgan fingerprint density at radius 3 is 2.11 bits per heavy atom. The normalized spacial score (nSPS) is 13.5. The third-order valence-electron chi connectivity index (χ3n) is 6.14. The fourth-order valence-corrected chi connectivity index (χ4v) is 4.46. The predicted octanol–water partition coefficient (Wildman–Crippen LogP) is 5.43. The summed E-state index contributed by atoms with van der Waals surface area (Å²) in [5.41, 5.74) is 0.809. The number of hydrogen-bond donors (Lipinski definition) is 1. The van der Waals surface area contributed by atoms with E-state index in [4.69, 9.17) is 11.6 Å². The molecule has 37 heavy (non-hydrogen) atoms. The molecule has 1 N–H and O–H groups in total. The molecule has 0 saturated carbocycles. The van der Waals surface area contributed by atoms with Gasteiger partial charge in [-0.2, -0.15) is 8.78 Å². The average molecular weight is 536 g/mol. The Labute approximate surface area is 215 Å². The largest absolute Gasteiger partial charge is 0.491 e. The monoisotopic (exact) mass is 535 g/mol. The van der Waals surface area contributed by atoms with Gasteiger partial charge in [0.05, 0.1) is 17.8 Å². The number of nitrogens with one attached hydrogen (secondary N) is 1. The summed E-state index contributed by atoms with van der Waals surface area (Å²) < 4.78 is 60.8. The lowest BCUT2D eigenvalue weighted by molar-refractivity contribution is 0.0746. The van der Waals surface area contributed by atoms with Crippen molar-refractivity contribution in [2.45, 2.75) is 6.92 Å². The molecule has 1 fully saturated rings. The van der Waals surface area contributed by atoms with Gasteiger partial charge >= 0.3 is 0 Å². The quantitative estimate of drug-likeness (QED) is 0.350. The highest BCUT2D eigenvalue weighted by Gasteiger charge is 2.30. The van der Waals surface area contributed by atoms with Gasteiger partial charge in [0.2, 0.25) is 11.6 Å². The summed E-state index contributed by atoms with van der Waals surface area (Å²) in [7, 11) is 0.839. The maximum absolute atomic E-state index is 14.3. The summed E-state index contributed by atoms with van der Waals surface area (Å²) in [5, 5.41) is 2.43. The molecule has 0 atom stereocenters. The average Bonchev–Trinajstić information content (AvgIpc) is 2.88. The van der Waals surface area contributed by atoms with Crippen molar-refractivity contribution in [3.8, 4) is 5.75 Å². The number of rotatable bonds is 5. The second kappa shape index (κ2) is 10.7. The van der Waals surface area contributed by atoms with Gasteiger partial charge in [0, 0.05) is 37.4 Å². The Morgan fingerprint density at radius 1 is 0.919 bits per heavy atom. The van der Waals surface area contributed by atoms with Crippen LogP contribution >= 0.6 is 11.6 Å². The Balaban J connectivity index is 1.45. The molecule has 1 saturated heterocycles. The van der Waals surface area contributed by atoms with E-state index < -0.39 is 40.5 Å². The van der Waals surface area contributed by atoms with Gasteiger partial charge in [-0.05, 0) is 36.8 Å². The maximum atomic E-state index is 14.3. The molecule has 3 aromatic carbocycles. The lowest BCUT2D eigenvalue weighted by Gasteiger charge is -2.36. The van der Waals surface area contributed by atoms with Crippen LogP contribution in [-0.2, 0) is 0 Å². The number of piperazine rings is 1. The fourth-order valence-electron chi connectivity index (χ4n) is 4.16. The standard InChI is InChI=1S/C26H22ClF4N3O3/c1-14-5-3-4-6-16(14)26(36)34-11-9-33(10-12-34)18-8-7-15(13-17(18)27)32-25(35)19-20(28)22(30)24(37-2)23(31)21(19)29/h3-8,13H,9-12H2,1-2H3,(H,32,35). The summed E-state index contributed by atoms with van der Waals surface area (Å²) in [6, 6.07) is 11.8. The number of nitrogens with zero attached hydrogens (tertiary/aromatic N) is 2. The summed E-state index contributed by atoms with van der Waals surface area (Å²) in [5.74, 6) is -10.1. The molecule has 194 valence electrons. The number of benzene rings is 3. The maximum Gasteiger partial charge on any atom is 0.261 e. The van der Waals surface area contributed by atoms with Gasteiger partial charge in [0.15, 0.2) is 17.4 Å². The van der Waals surface area contributed by atoms with E-state index in [1.54, 1.807) is 17.0 Å². The van der Waals surface area contributed by atoms with Crippen LogP contribution in [0.3, 0.4) is 0 Å². The number of anilines is 2. The van der Waals surface area contributed by atoms with Gasteiger partial charge in [-0.15, -0.1) is 0 Å². The van der Waals surface area contributed by atoms with Crippen LogP contribution in [0.4, 0.5) is 28.9 Å². The summed E-state index contributed by atoms with van der Waals surface area (Å²) in [4.78, 5) is 29.0. The molecule has 0 unspecified atom stereocenters. The van der Waals surface area contributed by atoms with Gasteiger partial charge in [-0.3, -0.25) is 9.59 Å². The Hall–Kier alpha value is -3.79. The molecule has 4 rings (SSSR count). The Morgan fingerprint density at radius 2 is 1.54 bits per heavy atom. The minimum Gasteiger partial charge on any atom is -0.491 e. The third-order valence-corrected chi connectivity index (χ3v) is 6.45. The number of ether oxygens (including phenoxy) is 1. The molecule has 3 aromatic rings. The van der Waals surface area contributed by atoms with Gasteiger partial charge in [0.1, 0.15) is 5.56 Å². The third kappa shape index (κ3) is 5.06. The lowest BCUT2D eigenvalue weighted by atomic mass is 10.1. The van der Waals surface area contributed by atoms with Crippen molar-refractivity contribution < 1.29 is 31.9 Å². The summed E-state index contributed by atoms with van der Waals surface area (Å²) >= 11 is 6.40. The van der Waals surface area contributed by atoms with Gasteiger partial charge in [0.25, 0.3) is 11.8 Å². The number of amides is 2. The first-order valence-corrected chi connectivity index (χ1v) is 11.6. The Kier molecular flexibility index (Phi) is 7.58. The second-order valence-corrected chi connectivity index (χ2v) is 8.79. The highest BCUT2D eigenvalue weighted by Crippen LogP contribution is 2.32. The van der Waals surface area contributed by atoms with Gasteiger partial charge in [-0.25, -0.2) is 8.78 Å². The van der Waals surface area contributed by atoms with Crippen LogP contribution in [0, 0.1) is 30.2 Å². The summed E-state index contributed by atoms with van der Waals surface area (Å²) in [6.45, 7) is 3.83. The van der Waals surface area contributed by atoms with Crippen molar-refractivity contribution >= 4 is 34.8 Å². The van der Waals surface area contributed by atoms with Crippen molar-refractivity contribution in [2.24, 2.45) is 0 Å². The molecule has 0 aromatic heterocycles. The first kappa shape index (κ1) is 26.3. The molecule has 0 spiro atoms. The number of methoxy groups -OCH3 is 1. The number of aryl methyl sites for hydroxylation is 1. The fraction of sp³-hybridized carbons (Fsp3) is 0.231. The first-order chi connectivity index (χ1) is 17.6. The molecule has 2 amide bonds. The van der Waals surface area contributed by atoms with Crippen LogP contribution in [0.5, 0.6) is 5.75 Å². The van der Waals surface area contributed by atoms with Crippen LogP contribution in [0.15, 0.2) is 42.5 Å². The van der Waals surface area contributed by atoms with Crippen molar-refractivity contribution in [3.63, 3.8) is 0 Å². The number of hydrogen-bond acceptors (Lipinski definition) is 4. The molecular weight excluding hydrogens is 514 g/mol. The van der Waals surface area contributed by atoms with Crippen LogP contribution in [-0.4, -0.2) is 50.0 Å². The van der Waals surface area contributed by atoms with E-state index in [1.807, 2.05) is 30.0 Å². The van der Waals surface area contributed by atoms with E-state index in [-0.39, 0.29) is 16.6 Å². The van der Waals surface area contributed by atoms with E-state index in [9.17, 15) is 27.2 Å². The van der Waals surface area contributed by atoms with Crippen molar-refractivity contribution in [1.82, 2.24) is 4.90 Å². The summed E-state index contributed by atoms with van der Waals surface area (Å²) in [6.07, 6.45) is 0. The molecule has 1 aliphatic rings. The van der Waals surface area contributed by atoms with Crippen molar-refractivity contribution in [2.75, 3.05) is 43.5 Å². The second-order valence-electron chi connectivity index (χ2n) is 8.38. The van der Waals surface area contributed by atoms with Crippen LogP contribution in [0.2, 0.25) is 5.02 Å². The minimum absolute atomic E-state index is 0.0484. The lowest BCUT2D eigenvalue weighted by Crippen LogP contribution is -2.49.